The Morgan fingerprint density at radius 1 is 0.868 bits per heavy atom. The van der Waals surface area contributed by atoms with Crippen molar-refractivity contribution in [1.29, 1.82) is 0 Å². The third kappa shape index (κ3) is 5.12. The minimum absolute atomic E-state index is 0.240. The number of ether oxygens (including phenoxy) is 2. The lowest BCUT2D eigenvalue weighted by molar-refractivity contribution is -0.124. The molecule has 3 heterocycles. The van der Waals surface area contributed by atoms with Gasteiger partial charge in [-0.1, -0.05) is 19.1 Å². The Morgan fingerprint density at radius 3 is 2.18 bits per heavy atom. The van der Waals surface area contributed by atoms with Crippen LogP contribution in [0.1, 0.15) is 30.6 Å². The first-order valence-electron chi connectivity index (χ1n) is 12.2. The fourth-order valence-corrected chi connectivity index (χ4v) is 3.94. The molecular weight excluding hydrogens is 486 g/mol. The Hall–Kier alpha value is -4.92. The molecule has 38 heavy (non-hydrogen) atoms. The van der Waals surface area contributed by atoms with E-state index in [0.29, 0.717) is 52.0 Å². The van der Waals surface area contributed by atoms with Crippen molar-refractivity contribution < 1.29 is 27.9 Å². The van der Waals surface area contributed by atoms with Gasteiger partial charge in [-0.15, -0.1) is 0 Å². The Bertz CT molecular complexity index is 1560. The molecule has 9 heteroatoms. The predicted octanol–water partition coefficient (Wildman–Crippen LogP) is 6.12. The van der Waals surface area contributed by atoms with Crippen LogP contribution in [-0.2, 0) is 9.53 Å². The number of carbonyl (C=O) groups excluding carboxylic acids is 2. The van der Waals surface area contributed by atoms with Gasteiger partial charge in [-0.25, -0.2) is 14.8 Å². The van der Waals surface area contributed by atoms with Gasteiger partial charge in [0.15, 0.2) is 17.6 Å². The fraction of sp³-hybridized carbons (Fsp3) is 0.172. The number of hydrogen-bond donors (Lipinski definition) is 1. The highest BCUT2D eigenvalue weighted by molar-refractivity contribution is 5.99. The molecule has 0 aliphatic rings. The largest absolute Gasteiger partial charge is 0.492 e. The van der Waals surface area contributed by atoms with Crippen molar-refractivity contribution in [3.05, 3.63) is 84.8 Å². The monoisotopic (exact) mass is 511 g/mol. The zero-order valence-electron chi connectivity index (χ0n) is 20.8. The summed E-state index contributed by atoms with van der Waals surface area (Å²) in [6, 6.07) is 19.0. The van der Waals surface area contributed by atoms with E-state index in [-0.39, 0.29) is 12.0 Å². The number of nitrogens with one attached hydrogen (secondary N) is 1. The molecule has 3 aromatic heterocycles. The van der Waals surface area contributed by atoms with Gasteiger partial charge in [0.05, 0.1) is 41.4 Å². The fourth-order valence-electron chi connectivity index (χ4n) is 3.94. The van der Waals surface area contributed by atoms with Crippen LogP contribution in [0.25, 0.3) is 33.9 Å². The molecule has 0 saturated heterocycles. The molecule has 5 aromatic rings. The Labute approximate surface area is 218 Å². The quantitative estimate of drug-likeness (QED) is 0.235. The van der Waals surface area contributed by atoms with Gasteiger partial charge in [0.2, 0.25) is 0 Å². The highest BCUT2D eigenvalue weighted by atomic mass is 16.5. The van der Waals surface area contributed by atoms with Crippen molar-refractivity contribution in [1.82, 2.24) is 9.97 Å². The van der Waals surface area contributed by atoms with Gasteiger partial charge in [-0.05, 0) is 67.9 Å². The van der Waals surface area contributed by atoms with Crippen LogP contribution in [0.2, 0.25) is 0 Å². The first kappa shape index (κ1) is 24.8. The smallest absolute Gasteiger partial charge is 0.338 e. The van der Waals surface area contributed by atoms with Crippen LogP contribution in [0.4, 0.5) is 5.69 Å². The molecule has 5 rings (SSSR count). The third-order valence-electron chi connectivity index (χ3n) is 5.77. The highest BCUT2D eigenvalue weighted by Gasteiger charge is 2.24. The van der Waals surface area contributed by atoms with Crippen LogP contribution >= 0.6 is 0 Å². The number of nitrogens with zero attached hydrogens (tertiary/aromatic N) is 2. The molecule has 0 aliphatic carbocycles. The van der Waals surface area contributed by atoms with Crippen LogP contribution in [0, 0.1) is 0 Å². The van der Waals surface area contributed by atoms with Crippen molar-refractivity contribution in [3.8, 4) is 28.7 Å². The van der Waals surface area contributed by atoms with Crippen LogP contribution in [-0.4, -0.2) is 34.6 Å². The number of hydrogen-bond acceptors (Lipinski definition) is 8. The molecule has 1 unspecified atom stereocenters. The molecule has 0 radical (unpaired) electrons. The molecule has 1 N–H and O–H groups in total. The maximum absolute atomic E-state index is 13.0. The van der Waals surface area contributed by atoms with Gasteiger partial charge >= 0.3 is 5.97 Å². The summed E-state index contributed by atoms with van der Waals surface area (Å²) >= 11 is 0. The Morgan fingerprint density at radius 2 is 1.55 bits per heavy atom. The molecule has 192 valence electrons. The van der Waals surface area contributed by atoms with Crippen LogP contribution < -0.4 is 10.1 Å². The lowest BCUT2D eigenvalue weighted by atomic mass is 10.1. The topological polar surface area (TPSA) is 117 Å². The number of aromatic nitrogens is 2. The van der Waals surface area contributed by atoms with Gasteiger partial charge in [-0.3, -0.25) is 4.79 Å². The number of esters is 1. The molecule has 1 amide bonds. The van der Waals surface area contributed by atoms with E-state index in [1.807, 2.05) is 13.0 Å². The van der Waals surface area contributed by atoms with Crippen molar-refractivity contribution in [2.24, 2.45) is 0 Å². The maximum Gasteiger partial charge on any atom is 0.338 e. The van der Waals surface area contributed by atoms with E-state index in [9.17, 15) is 9.59 Å². The molecule has 0 fully saturated rings. The number of benzene rings is 2. The summed E-state index contributed by atoms with van der Waals surface area (Å²) in [6.45, 7) is 4.08. The summed E-state index contributed by atoms with van der Waals surface area (Å²) in [5.41, 5.74) is 2.76. The summed E-state index contributed by atoms with van der Waals surface area (Å²) in [5.74, 6) is 0.491. The van der Waals surface area contributed by atoms with E-state index in [0.717, 1.165) is 0 Å². The van der Waals surface area contributed by atoms with Crippen molar-refractivity contribution >= 4 is 28.6 Å². The van der Waals surface area contributed by atoms with Crippen LogP contribution in [0.5, 0.6) is 5.75 Å². The number of para-hydroxylation sites is 2. The molecule has 2 aromatic carbocycles. The summed E-state index contributed by atoms with van der Waals surface area (Å²) in [7, 11) is 0. The summed E-state index contributed by atoms with van der Waals surface area (Å²) < 4.78 is 22.3. The van der Waals surface area contributed by atoms with E-state index < -0.39 is 18.0 Å². The highest BCUT2D eigenvalue weighted by Crippen LogP contribution is 2.32. The van der Waals surface area contributed by atoms with Gasteiger partial charge in [0.25, 0.3) is 5.91 Å². The van der Waals surface area contributed by atoms with Crippen molar-refractivity contribution in [2.75, 3.05) is 11.9 Å². The zero-order chi connectivity index (χ0) is 26.5. The van der Waals surface area contributed by atoms with E-state index >= 15 is 0 Å². The lowest BCUT2D eigenvalue weighted by Crippen LogP contribution is -2.32. The average Bonchev–Trinajstić information content (AvgIpc) is 3.67. The Kier molecular flexibility index (Phi) is 7.17. The van der Waals surface area contributed by atoms with Gasteiger partial charge < -0.3 is 23.6 Å². The summed E-state index contributed by atoms with van der Waals surface area (Å²) in [6.07, 6.45) is 2.39. The standard InChI is InChI=1S/C29H25N3O6/c1-3-22(28(33)32-20-9-5-6-10-23(20)35-4-2)38-29(34)18-13-14-19-21(17-18)31-27(25-12-8-16-37-25)26(30-19)24-11-7-15-36-24/h5-17,22H,3-4H2,1-2H3,(H,32,33). The molecule has 0 aliphatic heterocycles. The second-order valence-electron chi connectivity index (χ2n) is 8.30. The summed E-state index contributed by atoms with van der Waals surface area (Å²) in [4.78, 5) is 35.4. The van der Waals surface area contributed by atoms with E-state index in [4.69, 9.17) is 28.3 Å². The first-order valence-corrected chi connectivity index (χ1v) is 12.2. The second kappa shape index (κ2) is 11.0. The number of carbonyl (C=O) groups is 2. The van der Waals surface area contributed by atoms with E-state index in [1.165, 1.54) is 0 Å². The molecule has 0 saturated carbocycles. The number of fused-ring (bicyclic) bond motifs is 1. The molecule has 1 atom stereocenters. The minimum atomic E-state index is -1.00. The van der Waals surface area contributed by atoms with E-state index in [2.05, 4.69) is 5.32 Å². The second-order valence-corrected chi connectivity index (χ2v) is 8.30. The molecule has 0 bridgehead atoms. The first-order chi connectivity index (χ1) is 18.6. The zero-order valence-corrected chi connectivity index (χ0v) is 20.8. The third-order valence-corrected chi connectivity index (χ3v) is 5.77. The molecular formula is C29H25N3O6. The lowest BCUT2D eigenvalue weighted by Gasteiger charge is -2.17. The maximum atomic E-state index is 13.0. The average molecular weight is 512 g/mol. The van der Waals surface area contributed by atoms with Gasteiger partial charge in [0, 0.05) is 0 Å². The van der Waals surface area contributed by atoms with E-state index in [1.54, 1.807) is 80.1 Å². The SMILES string of the molecule is CCOc1ccccc1NC(=O)C(CC)OC(=O)c1ccc2nc(-c3ccco3)c(-c3ccco3)nc2c1. The van der Waals surface area contributed by atoms with Gasteiger partial charge in [-0.2, -0.15) is 0 Å². The molecule has 0 spiro atoms. The van der Waals surface area contributed by atoms with Gasteiger partial charge in [0.1, 0.15) is 17.1 Å². The van der Waals surface area contributed by atoms with Crippen molar-refractivity contribution in [2.45, 2.75) is 26.4 Å². The van der Waals surface area contributed by atoms with Crippen LogP contribution in [0.15, 0.2) is 88.1 Å². The number of rotatable bonds is 9. The normalized spacial score (nSPS) is 11.7. The predicted molar refractivity (Wildman–Crippen MR) is 141 cm³/mol. The van der Waals surface area contributed by atoms with Crippen LogP contribution in [0.3, 0.4) is 0 Å². The minimum Gasteiger partial charge on any atom is -0.492 e. The number of furan rings is 2. The summed E-state index contributed by atoms with van der Waals surface area (Å²) in [5, 5.41) is 2.79. The number of amides is 1. The number of anilines is 1. The van der Waals surface area contributed by atoms with Crippen molar-refractivity contribution in [3.63, 3.8) is 0 Å². The molecule has 9 nitrogen and oxygen atoms in total. The Balaban J connectivity index is 1.40.